The van der Waals surface area contributed by atoms with E-state index in [0.717, 1.165) is 23.5 Å². The van der Waals surface area contributed by atoms with E-state index in [-0.39, 0.29) is 43.0 Å². The van der Waals surface area contributed by atoms with E-state index in [0.29, 0.717) is 32.1 Å². The molecule has 2 heterocycles. The van der Waals surface area contributed by atoms with Crippen LogP contribution in [0.3, 0.4) is 0 Å². The molecular formula is C28H32FN3O4S. The highest BCUT2D eigenvalue weighted by atomic mass is 32.2. The van der Waals surface area contributed by atoms with Gasteiger partial charge in [-0.3, -0.25) is 14.5 Å². The molecule has 3 aromatic rings. The number of hydrogen-bond donors (Lipinski definition) is 0. The Hall–Kier alpha value is -3.14. The highest BCUT2D eigenvalue weighted by Gasteiger charge is 2.24. The van der Waals surface area contributed by atoms with Crippen LogP contribution in [-0.4, -0.2) is 78.2 Å². The van der Waals surface area contributed by atoms with Gasteiger partial charge in [0.1, 0.15) is 11.6 Å². The van der Waals surface area contributed by atoms with Crippen LogP contribution in [0.1, 0.15) is 11.3 Å². The van der Waals surface area contributed by atoms with Crippen molar-refractivity contribution in [2.24, 2.45) is 0 Å². The average molecular weight is 526 g/mol. The molecule has 1 fully saturated rings. The number of halogens is 1. The lowest BCUT2D eigenvalue weighted by Gasteiger charge is -2.31. The lowest BCUT2D eigenvalue weighted by molar-refractivity contribution is -0.140. The standard InChI is InChI=1S/C28H32FN3O4S/c29-24-10-8-23(9-11-24)19-32(20-25-5-4-16-36-25)27(33)21-31(13-12-30-14-17-35-18-15-30)28(34)22-37-26-6-2-1-3-7-26/h1-11,16H,12-15,17-22H2. The normalized spacial score (nSPS) is 13.9. The van der Waals surface area contributed by atoms with Gasteiger partial charge in [-0.05, 0) is 42.0 Å². The Kier molecular flexibility index (Phi) is 10.2. The molecule has 0 bridgehead atoms. The molecule has 7 nitrogen and oxygen atoms in total. The number of hydrogen-bond acceptors (Lipinski definition) is 6. The van der Waals surface area contributed by atoms with Gasteiger partial charge in [0.15, 0.2) is 0 Å². The second-order valence-electron chi connectivity index (χ2n) is 8.83. The van der Waals surface area contributed by atoms with E-state index in [4.69, 9.17) is 9.15 Å². The van der Waals surface area contributed by atoms with Gasteiger partial charge in [-0.25, -0.2) is 4.39 Å². The highest BCUT2D eigenvalue weighted by molar-refractivity contribution is 8.00. The van der Waals surface area contributed by atoms with Crippen molar-refractivity contribution in [1.29, 1.82) is 0 Å². The molecule has 0 N–H and O–H groups in total. The Labute approximate surface area is 221 Å². The third-order valence-corrected chi connectivity index (χ3v) is 7.14. The summed E-state index contributed by atoms with van der Waals surface area (Å²) in [6.07, 6.45) is 1.56. The molecule has 1 aromatic heterocycles. The van der Waals surface area contributed by atoms with Crippen molar-refractivity contribution in [1.82, 2.24) is 14.7 Å². The molecule has 1 saturated heterocycles. The summed E-state index contributed by atoms with van der Waals surface area (Å²) in [5, 5.41) is 0. The summed E-state index contributed by atoms with van der Waals surface area (Å²) in [4.78, 5) is 33.4. The molecular weight excluding hydrogens is 493 g/mol. The Morgan fingerprint density at radius 3 is 2.35 bits per heavy atom. The van der Waals surface area contributed by atoms with Gasteiger partial charge >= 0.3 is 0 Å². The number of ether oxygens (including phenoxy) is 1. The molecule has 0 radical (unpaired) electrons. The molecule has 2 amide bonds. The fourth-order valence-corrected chi connectivity index (χ4v) is 4.85. The molecule has 0 spiro atoms. The Balaban J connectivity index is 1.45. The van der Waals surface area contributed by atoms with Crippen LogP contribution in [-0.2, 0) is 27.4 Å². The van der Waals surface area contributed by atoms with Crippen LogP contribution >= 0.6 is 11.8 Å². The van der Waals surface area contributed by atoms with E-state index >= 15 is 0 Å². The maximum absolute atomic E-state index is 13.6. The first-order chi connectivity index (χ1) is 18.1. The Bertz CT molecular complexity index is 1110. The summed E-state index contributed by atoms with van der Waals surface area (Å²) in [7, 11) is 0. The molecule has 0 unspecified atom stereocenters. The zero-order valence-corrected chi connectivity index (χ0v) is 21.6. The minimum absolute atomic E-state index is 0.0412. The number of nitrogens with zero attached hydrogens (tertiary/aromatic N) is 3. The Morgan fingerprint density at radius 1 is 0.892 bits per heavy atom. The predicted molar refractivity (Wildman–Crippen MR) is 140 cm³/mol. The van der Waals surface area contributed by atoms with Crippen molar-refractivity contribution in [3.05, 3.63) is 90.1 Å². The van der Waals surface area contributed by atoms with Gasteiger partial charge in [-0.2, -0.15) is 0 Å². The minimum atomic E-state index is -0.330. The summed E-state index contributed by atoms with van der Waals surface area (Å²) in [5.74, 6) is 0.275. The van der Waals surface area contributed by atoms with Crippen LogP contribution in [0, 0.1) is 5.82 Å². The van der Waals surface area contributed by atoms with Crippen LogP contribution in [0.25, 0.3) is 0 Å². The molecule has 2 aromatic carbocycles. The van der Waals surface area contributed by atoms with Gasteiger partial charge in [0.05, 0.1) is 38.3 Å². The molecule has 37 heavy (non-hydrogen) atoms. The number of benzene rings is 2. The summed E-state index contributed by atoms with van der Waals surface area (Å²) in [5.41, 5.74) is 0.798. The van der Waals surface area contributed by atoms with Gasteiger partial charge in [-0.15, -0.1) is 11.8 Å². The molecule has 4 rings (SSSR count). The smallest absolute Gasteiger partial charge is 0.242 e. The first-order valence-electron chi connectivity index (χ1n) is 12.4. The van der Waals surface area contributed by atoms with Crippen molar-refractivity contribution < 1.29 is 23.1 Å². The van der Waals surface area contributed by atoms with Gasteiger partial charge < -0.3 is 19.0 Å². The number of rotatable bonds is 12. The van der Waals surface area contributed by atoms with E-state index < -0.39 is 0 Å². The topological polar surface area (TPSA) is 66.2 Å². The van der Waals surface area contributed by atoms with Crippen molar-refractivity contribution >= 4 is 23.6 Å². The van der Waals surface area contributed by atoms with E-state index in [1.807, 2.05) is 36.4 Å². The number of carbonyl (C=O) groups excluding carboxylic acids is 2. The summed E-state index contributed by atoms with van der Waals surface area (Å²) >= 11 is 1.46. The predicted octanol–water partition coefficient (Wildman–Crippen LogP) is 3.90. The van der Waals surface area contributed by atoms with Crippen molar-refractivity contribution in [2.45, 2.75) is 18.0 Å². The Morgan fingerprint density at radius 2 is 1.65 bits per heavy atom. The molecule has 196 valence electrons. The SMILES string of the molecule is O=C(CSc1ccccc1)N(CCN1CCOCC1)CC(=O)N(Cc1ccc(F)cc1)Cc1ccco1. The van der Waals surface area contributed by atoms with Crippen LogP contribution in [0.15, 0.2) is 82.3 Å². The van der Waals surface area contributed by atoms with Gasteiger partial charge in [0.25, 0.3) is 0 Å². The van der Waals surface area contributed by atoms with E-state index in [2.05, 4.69) is 4.90 Å². The summed E-state index contributed by atoms with van der Waals surface area (Å²) in [6.45, 7) is 4.59. The third kappa shape index (κ3) is 8.73. The number of furan rings is 1. The van der Waals surface area contributed by atoms with Crippen molar-refractivity contribution in [3.63, 3.8) is 0 Å². The lowest BCUT2D eigenvalue weighted by Crippen LogP contribution is -2.47. The van der Waals surface area contributed by atoms with Crippen LogP contribution < -0.4 is 0 Å². The van der Waals surface area contributed by atoms with Gasteiger partial charge in [0, 0.05) is 37.6 Å². The lowest BCUT2D eigenvalue weighted by atomic mass is 10.2. The zero-order valence-electron chi connectivity index (χ0n) is 20.8. The first-order valence-corrected chi connectivity index (χ1v) is 13.4. The molecule has 0 saturated carbocycles. The van der Waals surface area contributed by atoms with E-state index in [9.17, 15) is 14.0 Å². The van der Waals surface area contributed by atoms with Crippen LogP contribution in [0.2, 0.25) is 0 Å². The molecule has 0 aliphatic carbocycles. The third-order valence-electron chi connectivity index (χ3n) is 6.14. The van der Waals surface area contributed by atoms with Crippen molar-refractivity contribution in [3.8, 4) is 0 Å². The largest absolute Gasteiger partial charge is 0.467 e. The maximum atomic E-state index is 13.6. The number of amides is 2. The first kappa shape index (κ1) is 26.9. The fraction of sp³-hybridized carbons (Fsp3) is 0.357. The molecule has 1 aliphatic rings. The maximum Gasteiger partial charge on any atom is 0.242 e. The molecule has 0 atom stereocenters. The van der Waals surface area contributed by atoms with Gasteiger partial charge in [0.2, 0.25) is 11.8 Å². The second-order valence-corrected chi connectivity index (χ2v) is 9.88. The summed E-state index contributed by atoms with van der Waals surface area (Å²) < 4.78 is 24.3. The monoisotopic (exact) mass is 525 g/mol. The van der Waals surface area contributed by atoms with Crippen molar-refractivity contribution in [2.75, 3.05) is 51.7 Å². The molecule has 9 heteroatoms. The second kappa shape index (κ2) is 14.0. The number of thioether (sulfide) groups is 1. The van der Waals surface area contributed by atoms with E-state index in [1.54, 1.807) is 34.3 Å². The van der Waals surface area contributed by atoms with Crippen LogP contribution in [0.5, 0.6) is 0 Å². The quantitative estimate of drug-likeness (QED) is 0.334. The van der Waals surface area contributed by atoms with E-state index in [1.165, 1.54) is 23.9 Å². The average Bonchev–Trinajstić information content (AvgIpc) is 3.45. The zero-order chi connectivity index (χ0) is 25.9. The number of morpholine rings is 1. The highest BCUT2D eigenvalue weighted by Crippen LogP contribution is 2.18. The minimum Gasteiger partial charge on any atom is -0.467 e. The number of carbonyl (C=O) groups is 2. The van der Waals surface area contributed by atoms with Gasteiger partial charge in [-0.1, -0.05) is 30.3 Å². The summed E-state index contributed by atoms with van der Waals surface area (Å²) in [6, 6.07) is 19.4. The molecule has 1 aliphatic heterocycles. The van der Waals surface area contributed by atoms with Crippen LogP contribution in [0.4, 0.5) is 4.39 Å². The fourth-order valence-electron chi connectivity index (χ4n) is 4.03.